The minimum atomic E-state index is 0.0548. The van der Waals surface area contributed by atoms with Crippen molar-refractivity contribution in [1.82, 2.24) is 4.90 Å². The number of hydrogen-bond acceptors (Lipinski definition) is 3. The summed E-state index contributed by atoms with van der Waals surface area (Å²) in [6, 6.07) is 10.6. The number of hydrogen-bond donors (Lipinski definition) is 1. The van der Waals surface area contributed by atoms with Crippen LogP contribution in [0.1, 0.15) is 29.3 Å². The topological polar surface area (TPSA) is 32.3 Å². The molecule has 2 heterocycles. The van der Waals surface area contributed by atoms with Gasteiger partial charge in [0.25, 0.3) is 0 Å². The Morgan fingerprint density at radius 1 is 1.45 bits per heavy atom. The molecule has 5 heteroatoms. The molecule has 0 aliphatic carbocycles. The summed E-state index contributed by atoms with van der Waals surface area (Å²) in [5, 5.41) is 5.10. The van der Waals surface area contributed by atoms with Crippen LogP contribution in [0.2, 0.25) is 0 Å². The molecule has 1 aliphatic heterocycles. The molecule has 22 heavy (non-hydrogen) atoms. The van der Waals surface area contributed by atoms with Crippen LogP contribution in [-0.4, -0.2) is 23.9 Å². The quantitative estimate of drug-likeness (QED) is 0.843. The van der Waals surface area contributed by atoms with Crippen molar-refractivity contribution in [3.05, 3.63) is 50.6 Å². The van der Waals surface area contributed by atoms with Crippen LogP contribution in [0.25, 0.3) is 0 Å². The minimum Gasteiger partial charge on any atom is -0.325 e. The molecule has 1 amide bonds. The lowest BCUT2D eigenvalue weighted by Gasteiger charge is -2.22. The highest BCUT2D eigenvalue weighted by atomic mass is 79.9. The molecule has 1 saturated heterocycles. The molecule has 0 bridgehead atoms. The number of aryl methyl sites for hydroxylation is 1. The van der Waals surface area contributed by atoms with Gasteiger partial charge in [-0.25, -0.2) is 0 Å². The summed E-state index contributed by atoms with van der Waals surface area (Å²) in [5.74, 6) is 0.0548. The van der Waals surface area contributed by atoms with Gasteiger partial charge in [-0.15, -0.1) is 11.3 Å². The summed E-state index contributed by atoms with van der Waals surface area (Å²) in [7, 11) is 0. The first-order valence-corrected chi connectivity index (χ1v) is 9.14. The van der Waals surface area contributed by atoms with E-state index in [1.54, 1.807) is 11.3 Å². The number of likely N-dealkylation sites (tertiary alicyclic amines) is 1. The average Bonchev–Trinajstić information content (AvgIpc) is 3.13. The highest BCUT2D eigenvalue weighted by Gasteiger charge is 2.28. The fraction of sp³-hybridized carbons (Fsp3) is 0.353. The Balaban J connectivity index is 1.62. The van der Waals surface area contributed by atoms with Crippen LogP contribution in [0.3, 0.4) is 0 Å². The molecule has 1 atom stereocenters. The van der Waals surface area contributed by atoms with Crippen LogP contribution < -0.4 is 5.32 Å². The highest BCUT2D eigenvalue weighted by Crippen LogP contribution is 2.34. The van der Waals surface area contributed by atoms with E-state index in [2.05, 4.69) is 43.7 Å². The molecular weight excluding hydrogens is 360 g/mol. The molecule has 1 fully saturated rings. The standard InChI is InChI=1S/C17H19BrN2OS/c1-12-6-7-13(10-14(12)18)19-17(21)11-20-8-2-4-15(20)16-5-3-9-22-16/h3,5-7,9-10,15H,2,4,8,11H2,1H3,(H,19,21)/t15-/m1/s1. The van der Waals surface area contributed by atoms with Crippen molar-refractivity contribution < 1.29 is 4.79 Å². The maximum Gasteiger partial charge on any atom is 0.238 e. The number of rotatable bonds is 4. The molecule has 1 aromatic carbocycles. The molecule has 0 saturated carbocycles. The van der Waals surface area contributed by atoms with Crippen LogP contribution >= 0.6 is 27.3 Å². The van der Waals surface area contributed by atoms with Gasteiger partial charge in [0.2, 0.25) is 5.91 Å². The fourth-order valence-electron chi connectivity index (χ4n) is 2.87. The second kappa shape index (κ2) is 6.94. The lowest BCUT2D eigenvalue weighted by Crippen LogP contribution is -2.32. The van der Waals surface area contributed by atoms with E-state index in [4.69, 9.17) is 0 Å². The predicted octanol–water partition coefficient (Wildman–Crippen LogP) is 4.59. The molecule has 0 unspecified atom stereocenters. The lowest BCUT2D eigenvalue weighted by atomic mass is 10.2. The Kier molecular flexibility index (Phi) is 4.96. The number of carbonyl (C=O) groups is 1. The number of nitrogens with one attached hydrogen (secondary N) is 1. The van der Waals surface area contributed by atoms with Crippen molar-refractivity contribution in [1.29, 1.82) is 0 Å². The summed E-state index contributed by atoms with van der Waals surface area (Å²) in [5.41, 5.74) is 2.00. The van der Waals surface area contributed by atoms with Crippen molar-refractivity contribution in [3.63, 3.8) is 0 Å². The molecule has 0 radical (unpaired) electrons. The number of amides is 1. The normalized spacial score (nSPS) is 18.5. The summed E-state index contributed by atoms with van der Waals surface area (Å²) in [4.78, 5) is 16.0. The van der Waals surface area contributed by atoms with Crippen LogP contribution in [-0.2, 0) is 4.79 Å². The Labute approximate surface area is 143 Å². The van der Waals surface area contributed by atoms with E-state index in [0.29, 0.717) is 12.6 Å². The molecule has 2 aromatic rings. The smallest absolute Gasteiger partial charge is 0.238 e. The average molecular weight is 379 g/mol. The predicted molar refractivity (Wildman–Crippen MR) is 95.4 cm³/mol. The van der Waals surface area contributed by atoms with Gasteiger partial charge in [0.05, 0.1) is 6.54 Å². The molecule has 0 spiro atoms. The van der Waals surface area contributed by atoms with E-state index in [-0.39, 0.29) is 5.91 Å². The Bertz CT molecular complexity index is 657. The van der Waals surface area contributed by atoms with Crippen LogP contribution in [0.5, 0.6) is 0 Å². The third-order valence-electron chi connectivity index (χ3n) is 4.04. The van der Waals surface area contributed by atoms with Gasteiger partial charge in [-0.2, -0.15) is 0 Å². The molecule has 1 aromatic heterocycles. The van der Waals surface area contributed by atoms with Crippen molar-refractivity contribution >= 4 is 38.9 Å². The zero-order valence-electron chi connectivity index (χ0n) is 12.5. The van der Waals surface area contributed by atoms with Crippen LogP contribution in [0, 0.1) is 6.92 Å². The van der Waals surface area contributed by atoms with E-state index in [1.807, 2.05) is 25.1 Å². The molecule has 1 N–H and O–H groups in total. The monoisotopic (exact) mass is 378 g/mol. The highest BCUT2D eigenvalue weighted by molar-refractivity contribution is 9.10. The van der Waals surface area contributed by atoms with Crippen LogP contribution in [0.15, 0.2) is 40.2 Å². The van der Waals surface area contributed by atoms with Crippen molar-refractivity contribution in [2.75, 3.05) is 18.4 Å². The summed E-state index contributed by atoms with van der Waals surface area (Å²) in [6.45, 7) is 3.48. The van der Waals surface area contributed by atoms with E-state index in [1.165, 1.54) is 4.88 Å². The van der Waals surface area contributed by atoms with Gasteiger partial charge < -0.3 is 5.32 Å². The molecule has 3 nitrogen and oxygen atoms in total. The van der Waals surface area contributed by atoms with E-state index in [9.17, 15) is 4.79 Å². The third-order valence-corrected chi connectivity index (χ3v) is 5.87. The van der Waals surface area contributed by atoms with Crippen LogP contribution in [0.4, 0.5) is 5.69 Å². The number of carbonyl (C=O) groups excluding carboxylic acids is 1. The zero-order chi connectivity index (χ0) is 15.5. The minimum absolute atomic E-state index is 0.0548. The summed E-state index contributed by atoms with van der Waals surface area (Å²) < 4.78 is 1.02. The molecule has 116 valence electrons. The van der Waals surface area contributed by atoms with Gasteiger partial charge in [-0.1, -0.05) is 28.1 Å². The largest absolute Gasteiger partial charge is 0.325 e. The maximum atomic E-state index is 12.3. The van der Waals surface area contributed by atoms with Gasteiger partial charge in [0.1, 0.15) is 0 Å². The number of halogens is 1. The SMILES string of the molecule is Cc1ccc(NC(=O)CN2CCC[C@@H]2c2cccs2)cc1Br. The van der Waals surface area contributed by atoms with Gasteiger partial charge >= 0.3 is 0 Å². The first kappa shape index (κ1) is 15.7. The lowest BCUT2D eigenvalue weighted by molar-refractivity contribution is -0.117. The Morgan fingerprint density at radius 3 is 3.05 bits per heavy atom. The Morgan fingerprint density at radius 2 is 2.32 bits per heavy atom. The van der Waals surface area contributed by atoms with E-state index < -0.39 is 0 Å². The number of benzene rings is 1. The second-order valence-corrected chi connectivity index (χ2v) is 7.49. The fourth-order valence-corrected chi connectivity index (χ4v) is 4.15. The Hall–Kier alpha value is -1.17. The van der Waals surface area contributed by atoms with Gasteiger partial charge in [0.15, 0.2) is 0 Å². The van der Waals surface area contributed by atoms with Gasteiger partial charge in [0, 0.05) is 21.1 Å². The number of thiophene rings is 1. The number of anilines is 1. The van der Waals surface area contributed by atoms with E-state index >= 15 is 0 Å². The third kappa shape index (κ3) is 3.59. The maximum absolute atomic E-state index is 12.3. The van der Waals surface area contributed by atoms with Crippen molar-refractivity contribution in [2.45, 2.75) is 25.8 Å². The molecule has 3 rings (SSSR count). The zero-order valence-corrected chi connectivity index (χ0v) is 14.9. The first-order valence-electron chi connectivity index (χ1n) is 7.47. The number of nitrogens with zero attached hydrogens (tertiary/aromatic N) is 1. The van der Waals surface area contributed by atoms with Crippen molar-refractivity contribution in [2.24, 2.45) is 0 Å². The first-order chi connectivity index (χ1) is 10.6. The van der Waals surface area contributed by atoms with E-state index in [0.717, 1.165) is 35.1 Å². The molecular formula is C17H19BrN2OS. The summed E-state index contributed by atoms with van der Waals surface area (Å²) >= 11 is 5.28. The van der Waals surface area contributed by atoms with Gasteiger partial charge in [-0.05, 0) is 55.5 Å². The van der Waals surface area contributed by atoms with Gasteiger partial charge in [-0.3, -0.25) is 9.69 Å². The van der Waals surface area contributed by atoms with Crippen molar-refractivity contribution in [3.8, 4) is 0 Å². The molecule has 1 aliphatic rings. The summed E-state index contributed by atoms with van der Waals surface area (Å²) in [6.07, 6.45) is 2.30. The second-order valence-electron chi connectivity index (χ2n) is 5.66.